The van der Waals surface area contributed by atoms with E-state index in [0.717, 1.165) is 28.2 Å². The van der Waals surface area contributed by atoms with E-state index in [1.54, 1.807) is 7.11 Å². The molecule has 0 saturated heterocycles. The van der Waals surface area contributed by atoms with Crippen LogP contribution in [0.1, 0.15) is 63.8 Å². The standard InChI is InChI=1S/C23H29NO2/c1-22(2,3)19-12-16(14-24)8-9-17(19)15-26-21-11-10-18(25-7)13-20(21)23(4,5)6/h8-13H,15H2,1-7H3. The number of hydrogen-bond donors (Lipinski definition) is 0. The van der Waals surface area contributed by atoms with Crippen molar-refractivity contribution >= 4 is 0 Å². The van der Waals surface area contributed by atoms with Gasteiger partial charge in [-0.2, -0.15) is 5.26 Å². The predicted octanol–water partition coefficient (Wildman–Crippen LogP) is 5.74. The number of nitrogens with zero attached hydrogens (tertiary/aromatic N) is 1. The number of rotatable bonds is 4. The predicted molar refractivity (Wildman–Crippen MR) is 106 cm³/mol. The summed E-state index contributed by atoms with van der Waals surface area (Å²) in [6, 6.07) is 14.0. The molecule has 3 nitrogen and oxygen atoms in total. The van der Waals surface area contributed by atoms with Gasteiger partial charge in [0.25, 0.3) is 0 Å². The second-order valence-corrected chi connectivity index (χ2v) is 8.63. The molecular weight excluding hydrogens is 322 g/mol. The highest BCUT2D eigenvalue weighted by molar-refractivity contribution is 5.45. The van der Waals surface area contributed by atoms with Crippen molar-refractivity contribution in [2.45, 2.75) is 59.0 Å². The van der Waals surface area contributed by atoms with Crippen LogP contribution < -0.4 is 9.47 Å². The molecule has 0 aliphatic rings. The highest BCUT2D eigenvalue weighted by Gasteiger charge is 2.22. The molecule has 2 aromatic rings. The molecule has 2 aromatic carbocycles. The van der Waals surface area contributed by atoms with Gasteiger partial charge in [-0.05, 0) is 52.3 Å². The van der Waals surface area contributed by atoms with Crippen molar-refractivity contribution < 1.29 is 9.47 Å². The Morgan fingerprint density at radius 3 is 2.08 bits per heavy atom. The van der Waals surface area contributed by atoms with Crippen LogP contribution in [0.5, 0.6) is 11.5 Å². The summed E-state index contributed by atoms with van der Waals surface area (Å²) in [5.41, 5.74) is 3.93. The number of ether oxygens (including phenoxy) is 2. The van der Waals surface area contributed by atoms with E-state index in [1.165, 1.54) is 0 Å². The van der Waals surface area contributed by atoms with E-state index in [2.05, 4.69) is 47.6 Å². The van der Waals surface area contributed by atoms with Crippen LogP contribution in [0.15, 0.2) is 36.4 Å². The molecule has 0 aliphatic carbocycles. The fraction of sp³-hybridized carbons (Fsp3) is 0.435. The fourth-order valence-electron chi connectivity index (χ4n) is 2.97. The SMILES string of the molecule is COc1ccc(OCc2ccc(C#N)cc2C(C)(C)C)c(C(C)(C)C)c1. The largest absolute Gasteiger partial charge is 0.497 e. The summed E-state index contributed by atoms with van der Waals surface area (Å²) in [5, 5.41) is 9.21. The van der Waals surface area contributed by atoms with Crippen LogP contribution in [0.4, 0.5) is 0 Å². The summed E-state index contributed by atoms with van der Waals surface area (Å²) in [6.45, 7) is 13.4. The van der Waals surface area contributed by atoms with Gasteiger partial charge in [0.2, 0.25) is 0 Å². The Bertz CT molecular complexity index is 818. The van der Waals surface area contributed by atoms with Crippen molar-refractivity contribution in [3.05, 3.63) is 58.7 Å². The summed E-state index contributed by atoms with van der Waals surface area (Å²) in [6.07, 6.45) is 0. The molecular formula is C23H29NO2. The van der Waals surface area contributed by atoms with Gasteiger partial charge in [-0.3, -0.25) is 0 Å². The average Bonchev–Trinajstić information content (AvgIpc) is 2.58. The number of methoxy groups -OCH3 is 1. The third kappa shape index (κ3) is 4.58. The maximum atomic E-state index is 9.21. The van der Waals surface area contributed by atoms with Gasteiger partial charge in [-0.15, -0.1) is 0 Å². The van der Waals surface area contributed by atoms with Gasteiger partial charge in [-0.1, -0.05) is 47.6 Å². The minimum atomic E-state index is -0.0572. The summed E-state index contributed by atoms with van der Waals surface area (Å²) in [7, 11) is 1.68. The van der Waals surface area contributed by atoms with Gasteiger partial charge in [0.1, 0.15) is 18.1 Å². The van der Waals surface area contributed by atoms with Crippen LogP contribution in [-0.2, 0) is 17.4 Å². The smallest absolute Gasteiger partial charge is 0.123 e. The Morgan fingerprint density at radius 2 is 1.54 bits per heavy atom. The first-order valence-electron chi connectivity index (χ1n) is 8.91. The van der Waals surface area contributed by atoms with E-state index in [0.29, 0.717) is 12.2 Å². The molecule has 0 radical (unpaired) electrons. The van der Waals surface area contributed by atoms with Crippen LogP contribution in [0, 0.1) is 11.3 Å². The first-order chi connectivity index (χ1) is 12.1. The van der Waals surface area contributed by atoms with E-state index in [-0.39, 0.29) is 10.8 Å². The van der Waals surface area contributed by atoms with Gasteiger partial charge in [0.05, 0.1) is 18.7 Å². The van der Waals surface area contributed by atoms with E-state index >= 15 is 0 Å². The first-order valence-corrected chi connectivity index (χ1v) is 8.91. The molecule has 0 saturated carbocycles. The maximum absolute atomic E-state index is 9.21. The lowest BCUT2D eigenvalue weighted by molar-refractivity contribution is 0.293. The summed E-state index contributed by atoms with van der Waals surface area (Å²) in [5.74, 6) is 1.69. The van der Waals surface area contributed by atoms with E-state index in [4.69, 9.17) is 9.47 Å². The lowest BCUT2D eigenvalue weighted by Crippen LogP contribution is -2.17. The van der Waals surface area contributed by atoms with Gasteiger partial charge >= 0.3 is 0 Å². The number of nitriles is 1. The van der Waals surface area contributed by atoms with Crippen molar-refractivity contribution in [2.75, 3.05) is 7.11 Å². The van der Waals surface area contributed by atoms with E-state index in [9.17, 15) is 5.26 Å². The average molecular weight is 351 g/mol. The van der Waals surface area contributed by atoms with Crippen LogP contribution in [0.25, 0.3) is 0 Å². The lowest BCUT2D eigenvalue weighted by atomic mass is 9.83. The molecule has 0 unspecified atom stereocenters. The van der Waals surface area contributed by atoms with Crippen molar-refractivity contribution in [1.82, 2.24) is 0 Å². The minimum absolute atomic E-state index is 0.0542. The van der Waals surface area contributed by atoms with Gasteiger partial charge in [-0.25, -0.2) is 0 Å². The molecule has 0 aliphatic heterocycles. The zero-order chi connectivity index (χ0) is 19.5. The van der Waals surface area contributed by atoms with Crippen LogP contribution in [0.2, 0.25) is 0 Å². The molecule has 0 N–H and O–H groups in total. The Balaban J connectivity index is 2.37. The fourth-order valence-corrected chi connectivity index (χ4v) is 2.97. The Hall–Kier alpha value is -2.47. The molecule has 0 aromatic heterocycles. The van der Waals surface area contributed by atoms with E-state index < -0.39 is 0 Å². The number of benzene rings is 2. The Kier molecular flexibility index (Phi) is 5.66. The molecule has 2 rings (SSSR count). The summed E-state index contributed by atoms with van der Waals surface area (Å²) >= 11 is 0. The van der Waals surface area contributed by atoms with Crippen molar-refractivity contribution in [1.29, 1.82) is 5.26 Å². The zero-order valence-corrected chi connectivity index (χ0v) is 16.9. The molecule has 0 amide bonds. The monoisotopic (exact) mass is 351 g/mol. The third-order valence-electron chi connectivity index (χ3n) is 4.42. The quantitative estimate of drug-likeness (QED) is 0.705. The Labute approximate surface area is 157 Å². The molecule has 0 bridgehead atoms. The molecule has 138 valence electrons. The second kappa shape index (κ2) is 7.41. The minimum Gasteiger partial charge on any atom is -0.497 e. The number of hydrogen-bond acceptors (Lipinski definition) is 3. The van der Waals surface area contributed by atoms with E-state index in [1.807, 2.05) is 36.4 Å². The maximum Gasteiger partial charge on any atom is 0.123 e. The molecule has 26 heavy (non-hydrogen) atoms. The van der Waals surface area contributed by atoms with Crippen LogP contribution in [0.3, 0.4) is 0 Å². The zero-order valence-electron chi connectivity index (χ0n) is 16.9. The lowest BCUT2D eigenvalue weighted by Gasteiger charge is -2.26. The second-order valence-electron chi connectivity index (χ2n) is 8.63. The van der Waals surface area contributed by atoms with Gasteiger partial charge in [0.15, 0.2) is 0 Å². The van der Waals surface area contributed by atoms with Crippen LogP contribution >= 0.6 is 0 Å². The third-order valence-corrected chi connectivity index (χ3v) is 4.42. The van der Waals surface area contributed by atoms with Crippen molar-refractivity contribution in [2.24, 2.45) is 0 Å². The topological polar surface area (TPSA) is 42.2 Å². The van der Waals surface area contributed by atoms with Crippen molar-refractivity contribution in [3.63, 3.8) is 0 Å². The van der Waals surface area contributed by atoms with Crippen LogP contribution in [-0.4, -0.2) is 7.11 Å². The van der Waals surface area contributed by atoms with Gasteiger partial charge < -0.3 is 9.47 Å². The molecule has 0 atom stereocenters. The molecule has 0 fully saturated rings. The first kappa shape index (κ1) is 19.8. The normalized spacial score (nSPS) is 11.8. The molecule has 0 heterocycles. The molecule has 3 heteroatoms. The summed E-state index contributed by atoms with van der Waals surface area (Å²) < 4.78 is 11.6. The van der Waals surface area contributed by atoms with Gasteiger partial charge in [0, 0.05) is 5.56 Å². The Morgan fingerprint density at radius 1 is 0.885 bits per heavy atom. The van der Waals surface area contributed by atoms with Crippen molar-refractivity contribution in [3.8, 4) is 17.6 Å². The highest BCUT2D eigenvalue weighted by atomic mass is 16.5. The molecule has 0 spiro atoms. The summed E-state index contributed by atoms with van der Waals surface area (Å²) in [4.78, 5) is 0. The highest BCUT2D eigenvalue weighted by Crippen LogP contribution is 2.35.